The summed E-state index contributed by atoms with van der Waals surface area (Å²) >= 11 is 0. The van der Waals surface area contributed by atoms with Crippen LogP contribution < -0.4 is 12.4 Å². The molecule has 0 N–H and O–H groups in total. The normalized spacial score (nSPS) is 56.2. The van der Waals surface area contributed by atoms with Gasteiger partial charge in [0.2, 0.25) is 0 Å². The lowest BCUT2D eigenvalue weighted by atomic mass is 9.71. The van der Waals surface area contributed by atoms with Crippen LogP contribution in [0.25, 0.3) is 0 Å². The molecule has 6 aliphatic rings. The maximum Gasteiger partial charge on any atom is 0.109 e. The van der Waals surface area contributed by atoms with Crippen LogP contribution in [0.3, 0.4) is 0 Å². The zero-order valence-corrected chi connectivity index (χ0v) is 24.4. The topological polar surface area (TPSA) is 0 Å². The largest absolute Gasteiger partial charge is 1.00 e. The standard InChI is InChI=1S/C31H54N.ClH/c1-20-11-14-23-26(4,5)29(23,17-20)32(10,30-18-21(2)12-15-24(30)27(30,6)7)31-19-22(3)13-16-25(31)28(31,8)9;/h20-25H,11-19H2,1-10H3;1H/q+1;/p-1. The number of fused-ring (bicyclic) bond motifs is 3. The maximum absolute atomic E-state index is 2.92. The number of hydrogen-bond donors (Lipinski definition) is 0. The van der Waals surface area contributed by atoms with E-state index in [1.54, 1.807) is 0 Å². The molecule has 2 heteroatoms. The minimum atomic E-state index is 0. The Balaban J connectivity index is 0.00000228. The van der Waals surface area contributed by atoms with Crippen molar-refractivity contribution < 1.29 is 16.9 Å². The molecule has 6 saturated carbocycles. The first-order valence-electron chi connectivity index (χ1n) is 14.6. The zero-order valence-electron chi connectivity index (χ0n) is 23.7. The highest BCUT2D eigenvalue weighted by Gasteiger charge is 2.99. The number of hydrogen-bond acceptors (Lipinski definition) is 0. The van der Waals surface area contributed by atoms with Crippen LogP contribution in [0.4, 0.5) is 0 Å². The van der Waals surface area contributed by atoms with Crippen LogP contribution in [-0.2, 0) is 0 Å². The second kappa shape index (κ2) is 6.57. The number of halogens is 1. The van der Waals surface area contributed by atoms with Gasteiger partial charge in [-0.2, -0.15) is 0 Å². The average Bonchev–Trinajstić information content (AvgIpc) is 3.54. The van der Waals surface area contributed by atoms with Crippen LogP contribution in [-0.4, -0.2) is 28.1 Å². The molecule has 0 aromatic carbocycles. The van der Waals surface area contributed by atoms with Gasteiger partial charge in [-0.15, -0.1) is 0 Å². The van der Waals surface area contributed by atoms with E-state index in [1.165, 1.54) is 62.3 Å². The quantitative estimate of drug-likeness (QED) is 0.499. The second-order valence-electron chi connectivity index (χ2n) is 16.3. The fourth-order valence-corrected chi connectivity index (χ4v) is 13.4. The van der Waals surface area contributed by atoms with Crippen molar-refractivity contribution in [2.24, 2.45) is 51.8 Å². The molecule has 0 saturated heterocycles. The average molecular weight is 476 g/mol. The molecule has 9 atom stereocenters. The number of rotatable bonds is 3. The lowest BCUT2D eigenvalue weighted by Crippen LogP contribution is -3.00. The molecule has 33 heavy (non-hydrogen) atoms. The highest BCUT2D eigenvalue weighted by atomic mass is 35.5. The summed E-state index contributed by atoms with van der Waals surface area (Å²) in [5.74, 6) is 5.55. The van der Waals surface area contributed by atoms with Crippen molar-refractivity contribution >= 4 is 0 Å². The van der Waals surface area contributed by atoms with E-state index in [2.05, 4.69) is 69.4 Å². The summed E-state index contributed by atoms with van der Waals surface area (Å²) in [6.45, 7) is 24.1. The lowest BCUT2D eigenvalue weighted by molar-refractivity contribution is -1.02. The van der Waals surface area contributed by atoms with E-state index in [1.807, 2.05) is 0 Å². The van der Waals surface area contributed by atoms with Gasteiger partial charge in [-0.25, -0.2) is 0 Å². The third-order valence-electron chi connectivity index (χ3n) is 14.7. The first-order valence-corrected chi connectivity index (χ1v) is 14.6. The van der Waals surface area contributed by atoms with Gasteiger partial charge >= 0.3 is 0 Å². The molecule has 0 aromatic heterocycles. The first-order chi connectivity index (χ1) is 14.7. The third kappa shape index (κ3) is 2.26. The van der Waals surface area contributed by atoms with Gasteiger partial charge in [0.15, 0.2) is 0 Å². The van der Waals surface area contributed by atoms with Crippen molar-refractivity contribution in [3.63, 3.8) is 0 Å². The summed E-state index contributed by atoms with van der Waals surface area (Å²) in [5.41, 5.74) is 3.04. The van der Waals surface area contributed by atoms with E-state index in [9.17, 15) is 0 Å². The molecule has 0 aromatic rings. The third-order valence-corrected chi connectivity index (χ3v) is 14.7. The summed E-state index contributed by atoms with van der Waals surface area (Å²) in [4.78, 5) is 0. The molecule has 0 bridgehead atoms. The lowest BCUT2D eigenvalue weighted by Gasteiger charge is -2.62. The Morgan fingerprint density at radius 2 is 0.727 bits per heavy atom. The van der Waals surface area contributed by atoms with E-state index < -0.39 is 0 Å². The van der Waals surface area contributed by atoms with Crippen molar-refractivity contribution in [1.82, 2.24) is 0 Å². The van der Waals surface area contributed by atoms with Crippen LogP contribution in [0.2, 0.25) is 0 Å². The van der Waals surface area contributed by atoms with Crippen molar-refractivity contribution in [1.29, 1.82) is 0 Å². The van der Waals surface area contributed by atoms with Gasteiger partial charge in [-0.05, 0) is 56.3 Å². The molecule has 1 nitrogen and oxygen atoms in total. The van der Waals surface area contributed by atoms with Crippen LogP contribution >= 0.6 is 0 Å². The minimum Gasteiger partial charge on any atom is -1.00 e. The molecule has 190 valence electrons. The van der Waals surface area contributed by atoms with Crippen LogP contribution in [0.1, 0.15) is 120 Å². The predicted octanol–water partition coefficient (Wildman–Crippen LogP) is 5.08. The molecule has 6 fully saturated rings. The summed E-state index contributed by atoms with van der Waals surface area (Å²) in [6, 6.07) is 0. The Hall–Kier alpha value is 0.250. The minimum absolute atomic E-state index is 0. The Kier molecular flexibility index (Phi) is 4.96. The van der Waals surface area contributed by atoms with Gasteiger partial charge in [0.25, 0.3) is 0 Å². The molecular formula is C31H54ClN. The maximum atomic E-state index is 2.92. The smallest absolute Gasteiger partial charge is 0.109 e. The summed E-state index contributed by atoms with van der Waals surface area (Å²) in [6.07, 6.45) is 13.4. The molecular weight excluding hydrogens is 422 g/mol. The van der Waals surface area contributed by atoms with Gasteiger partial charge in [-0.1, -0.05) is 62.3 Å². The zero-order chi connectivity index (χ0) is 23.3. The highest BCUT2D eigenvalue weighted by Crippen LogP contribution is 2.90. The van der Waals surface area contributed by atoms with E-state index in [-0.39, 0.29) is 12.4 Å². The molecule has 0 heterocycles. The molecule has 0 amide bonds. The van der Waals surface area contributed by atoms with E-state index in [0.717, 1.165) is 35.5 Å². The van der Waals surface area contributed by atoms with Gasteiger partial charge in [0.05, 0.1) is 7.05 Å². The highest BCUT2D eigenvalue weighted by molar-refractivity contribution is 5.35. The SMILES string of the molecule is CC1CCC2C(C)(C)C2([N+](C)(C23CC(C)CCC2C3(C)C)C23CC(C)CCC2C3(C)C)C1.[Cl-]. The van der Waals surface area contributed by atoms with Gasteiger partial charge in [0.1, 0.15) is 16.6 Å². The van der Waals surface area contributed by atoms with E-state index >= 15 is 0 Å². The van der Waals surface area contributed by atoms with Crippen LogP contribution in [0.15, 0.2) is 0 Å². The van der Waals surface area contributed by atoms with Gasteiger partial charge in [0, 0.05) is 53.3 Å². The Morgan fingerprint density at radius 3 is 0.970 bits per heavy atom. The molecule has 6 rings (SSSR count). The Bertz CT molecular complexity index is 734. The predicted molar refractivity (Wildman–Crippen MR) is 135 cm³/mol. The summed E-state index contributed by atoms with van der Waals surface area (Å²) in [7, 11) is 2.92. The van der Waals surface area contributed by atoms with E-state index in [4.69, 9.17) is 0 Å². The summed E-state index contributed by atoms with van der Waals surface area (Å²) in [5, 5.41) is 0. The second-order valence-corrected chi connectivity index (χ2v) is 16.3. The molecule has 0 spiro atoms. The van der Waals surface area contributed by atoms with E-state index in [0.29, 0.717) is 32.9 Å². The van der Waals surface area contributed by atoms with Crippen LogP contribution in [0.5, 0.6) is 0 Å². The molecule has 9 unspecified atom stereocenters. The molecule has 0 aliphatic heterocycles. The molecule has 6 aliphatic carbocycles. The fraction of sp³-hybridized carbons (Fsp3) is 1.00. The van der Waals surface area contributed by atoms with Gasteiger partial charge < -0.3 is 16.9 Å². The fourth-order valence-electron chi connectivity index (χ4n) is 13.4. The van der Waals surface area contributed by atoms with Crippen LogP contribution in [0, 0.1) is 51.8 Å². The van der Waals surface area contributed by atoms with Crippen molar-refractivity contribution in [2.45, 2.75) is 137 Å². The Morgan fingerprint density at radius 1 is 0.485 bits per heavy atom. The summed E-state index contributed by atoms with van der Waals surface area (Å²) < 4.78 is 1.49. The van der Waals surface area contributed by atoms with Crippen molar-refractivity contribution in [2.75, 3.05) is 7.05 Å². The van der Waals surface area contributed by atoms with Crippen molar-refractivity contribution in [3.05, 3.63) is 0 Å². The monoisotopic (exact) mass is 475 g/mol. The number of quaternary nitrogens is 1. The van der Waals surface area contributed by atoms with Crippen molar-refractivity contribution in [3.8, 4) is 0 Å². The Labute approximate surface area is 212 Å². The van der Waals surface area contributed by atoms with Gasteiger partial charge in [-0.3, -0.25) is 0 Å². The number of nitrogens with zero attached hydrogens (tertiary/aromatic N) is 1. The first kappa shape index (κ1) is 24.9. The molecule has 0 radical (unpaired) electrons.